The van der Waals surface area contributed by atoms with E-state index >= 15 is 0 Å². The summed E-state index contributed by atoms with van der Waals surface area (Å²) in [5.74, 6) is -1.02. The summed E-state index contributed by atoms with van der Waals surface area (Å²) >= 11 is 19.3. The highest BCUT2D eigenvalue weighted by Gasteiger charge is 2.35. The number of hydrogen-bond donors (Lipinski definition) is 1. The number of rotatable bonds is 10. The second kappa shape index (κ2) is 13.5. The topological polar surface area (TPSA) is 86.8 Å². The van der Waals surface area contributed by atoms with Gasteiger partial charge in [-0.15, -0.1) is 0 Å². The van der Waals surface area contributed by atoms with Crippen molar-refractivity contribution >= 4 is 62.3 Å². The predicted octanol–water partition coefficient (Wildman–Crippen LogP) is 6.28. The molecule has 0 saturated heterocycles. The van der Waals surface area contributed by atoms with Gasteiger partial charge in [0.1, 0.15) is 12.6 Å². The molecule has 11 heteroatoms. The third-order valence-corrected chi connectivity index (χ3v) is 8.54. The number of benzene rings is 3. The fourth-order valence-corrected chi connectivity index (χ4v) is 5.74. The van der Waals surface area contributed by atoms with E-state index in [0.29, 0.717) is 20.6 Å². The molecule has 1 N–H and O–H groups in total. The molecular formula is C30H34Cl3N3O4S. The van der Waals surface area contributed by atoms with E-state index in [0.717, 1.165) is 21.7 Å². The molecule has 1 atom stereocenters. The van der Waals surface area contributed by atoms with Crippen LogP contribution in [0.1, 0.15) is 37.5 Å². The van der Waals surface area contributed by atoms with Crippen LogP contribution in [0.5, 0.6) is 0 Å². The zero-order valence-corrected chi connectivity index (χ0v) is 26.7. The van der Waals surface area contributed by atoms with Gasteiger partial charge in [0.25, 0.3) is 0 Å². The van der Waals surface area contributed by atoms with Crippen molar-refractivity contribution in [3.63, 3.8) is 0 Å². The third kappa shape index (κ3) is 9.10. The first-order chi connectivity index (χ1) is 19.1. The van der Waals surface area contributed by atoms with Crippen LogP contribution in [0.4, 0.5) is 5.69 Å². The lowest BCUT2D eigenvalue weighted by Crippen LogP contribution is -2.56. The Morgan fingerprint density at radius 3 is 2.05 bits per heavy atom. The van der Waals surface area contributed by atoms with Crippen molar-refractivity contribution in [2.45, 2.75) is 52.2 Å². The molecule has 0 aliphatic heterocycles. The van der Waals surface area contributed by atoms with Gasteiger partial charge in [0.15, 0.2) is 0 Å². The molecule has 0 spiro atoms. The average Bonchev–Trinajstić information content (AvgIpc) is 2.86. The van der Waals surface area contributed by atoms with Gasteiger partial charge in [0.2, 0.25) is 21.8 Å². The van der Waals surface area contributed by atoms with Gasteiger partial charge in [-0.25, -0.2) is 8.42 Å². The summed E-state index contributed by atoms with van der Waals surface area (Å²) in [4.78, 5) is 29.3. The number of hydrogen-bond acceptors (Lipinski definition) is 4. The molecule has 220 valence electrons. The van der Waals surface area contributed by atoms with Crippen molar-refractivity contribution < 1.29 is 18.0 Å². The third-order valence-electron chi connectivity index (χ3n) is 6.28. The molecule has 41 heavy (non-hydrogen) atoms. The van der Waals surface area contributed by atoms with Crippen molar-refractivity contribution in [1.29, 1.82) is 0 Å². The standard InChI is InChI=1S/C30H34Cl3N3O4S/c1-20-14-15-22(17-26(20)33)36(41(5,39)40)19-28(37)35(18-23-24(31)12-9-13-25(23)32)27(29(38)34-30(2,3)4)16-21-10-7-6-8-11-21/h6-15,17,27H,16,18-19H2,1-5H3,(H,34,38)/t27-/m1/s1. The van der Waals surface area contributed by atoms with Crippen LogP contribution in [0.25, 0.3) is 0 Å². The fraction of sp³-hybridized carbons (Fsp3) is 0.333. The Morgan fingerprint density at radius 1 is 0.902 bits per heavy atom. The molecule has 0 unspecified atom stereocenters. The molecule has 0 saturated carbocycles. The van der Waals surface area contributed by atoms with E-state index in [1.807, 2.05) is 51.1 Å². The zero-order valence-electron chi connectivity index (χ0n) is 23.6. The van der Waals surface area contributed by atoms with Gasteiger partial charge in [-0.1, -0.05) is 77.3 Å². The van der Waals surface area contributed by atoms with Crippen LogP contribution in [0, 0.1) is 6.92 Å². The molecule has 3 aromatic rings. The summed E-state index contributed by atoms with van der Waals surface area (Å²) in [6, 6.07) is 18.0. The number of amides is 2. The van der Waals surface area contributed by atoms with Crippen molar-refractivity contribution in [2.75, 3.05) is 17.1 Å². The Labute approximate surface area is 257 Å². The molecule has 3 rings (SSSR count). The number of sulfonamides is 1. The lowest BCUT2D eigenvalue weighted by molar-refractivity contribution is -0.140. The second-order valence-electron chi connectivity index (χ2n) is 10.9. The smallest absolute Gasteiger partial charge is 0.244 e. The summed E-state index contributed by atoms with van der Waals surface area (Å²) in [5, 5.41) is 3.96. The van der Waals surface area contributed by atoms with Gasteiger partial charge in [-0.3, -0.25) is 13.9 Å². The first kappa shape index (κ1) is 32.7. The van der Waals surface area contributed by atoms with Gasteiger partial charge in [-0.05, 0) is 63.1 Å². The van der Waals surface area contributed by atoms with Crippen molar-refractivity contribution in [3.8, 4) is 0 Å². The highest BCUT2D eigenvalue weighted by atomic mass is 35.5. The van der Waals surface area contributed by atoms with E-state index in [9.17, 15) is 18.0 Å². The molecule has 0 heterocycles. The molecule has 0 aliphatic rings. The van der Waals surface area contributed by atoms with Crippen molar-refractivity contribution in [3.05, 3.63) is 98.5 Å². The normalized spacial score (nSPS) is 12.5. The van der Waals surface area contributed by atoms with Crippen LogP contribution in [0.3, 0.4) is 0 Å². The molecule has 0 radical (unpaired) electrons. The van der Waals surface area contributed by atoms with E-state index in [-0.39, 0.29) is 18.7 Å². The van der Waals surface area contributed by atoms with Crippen molar-refractivity contribution in [1.82, 2.24) is 10.2 Å². The van der Waals surface area contributed by atoms with Crippen LogP contribution < -0.4 is 9.62 Å². The van der Waals surface area contributed by atoms with Crippen LogP contribution in [0.2, 0.25) is 15.1 Å². The Balaban J connectivity index is 2.13. The van der Waals surface area contributed by atoms with Crippen molar-refractivity contribution in [2.24, 2.45) is 0 Å². The lowest BCUT2D eigenvalue weighted by atomic mass is 10.0. The second-order valence-corrected chi connectivity index (χ2v) is 14.0. The maximum Gasteiger partial charge on any atom is 0.244 e. The molecule has 3 aromatic carbocycles. The van der Waals surface area contributed by atoms with Gasteiger partial charge in [0, 0.05) is 39.1 Å². The first-order valence-electron chi connectivity index (χ1n) is 12.9. The summed E-state index contributed by atoms with van der Waals surface area (Å²) in [7, 11) is -3.92. The molecule has 0 fully saturated rings. The summed E-state index contributed by atoms with van der Waals surface area (Å²) < 4.78 is 26.8. The van der Waals surface area contributed by atoms with Gasteiger partial charge < -0.3 is 10.2 Å². The lowest BCUT2D eigenvalue weighted by Gasteiger charge is -2.35. The number of nitrogens with zero attached hydrogens (tertiary/aromatic N) is 2. The first-order valence-corrected chi connectivity index (χ1v) is 15.9. The number of anilines is 1. The molecular weight excluding hydrogens is 605 g/mol. The Hall–Kier alpha value is -2.78. The Kier molecular flexibility index (Phi) is 10.7. The summed E-state index contributed by atoms with van der Waals surface area (Å²) in [6.07, 6.45) is 1.18. The SMILES string of the molecule is Cc1ccc(N(CC(=O)N(Cc2c(Cl)cccc2Cl)[C@H](Cc2ccccc2)C(=O)NC(C)(C)C)S(C)(=O)=O)cc1Cl. The largest absolute Gasteiger partial charge is 0.350 e. The van der Waals surface area contributed by atoms with Gasteiger partial charge in [0.05, 0.1) is 11.9 Å². The highest BCUT2D eigenvalue weighted by molar-refractivity contribution is 7.92. The number of nitrogens with one attached hydrogen (secondary N) is 1. The summed E-state index contributed by atoms with van der Waals surface area (Å²) in [5.41, 5.74) is 1.64. The molecule has 0 aliphatic carbocycles. The number of aryl methyl sites for hydroxylation is 1. The van der Waals surface area contributed by atoms with E-state index in [4.69, 9.17) is 34.8 Å². The Morgan fingerprint density at radius 2 is 1.51 bits per heavy atom. The molecule has 2 amide bonds. The number of carbonyl (C=O) groups excluding carboxylic acids is 2. The van der Waals surface area contributed by atoms with Crippen LogP contribution >= 0.6 is 34.8 Å². The van der Waals surface area contributed by atoms with E-state index in [1.54, 1.807) is 37.3 Å². The predicted molar refractivity (Wildman–Crippen MR) is 167 cm³/mol. The quantitative estimate of drug-likeness (QED) is 0.283. The molecule has 7 nitrogen and oxygen atoms in total. The van der Waals surface area contributed by atoms with E-state index in [2.05, 4.69) is 5.32 Å². The van der Waals surface area contributed by atoms with Crippen LogP contribution in [0.15, 0.2) is 66.7 Å². The van der Waals surface area contributed by atoms with Crippen LogP contribution in [-0.4, -0.2) is 49.5 Å². The monoisotopic (exact) mass is 637 g/mol. The highest BCUT2D eigenvalue weighted by Crippen LogP contribution is 2.29. The molecule has 0 aromatic heterocycles. The maximum absolute atomic E-state index is 14.2. The molecule has 0 bridgehead atoms. The Bertz CT molecular complexity index is 1490. The van der Waals surface area contributed by atoms with E-state index < -0.39 is 40.0 Å². The van der Waals surface area contributed by atoms with Crippen LogP contribution in [-0.2, 0) is 32.6 Å². The minimum absolute atomic E-state index is 0.126. The van der Waals surface area contributed by atoms with E-state index in [1.165, 1.54) is 11.0 Å². The summed E-state index contributed by atoms with van der Waals surface area (Å²) in [6.45, 7) is 6.61. The fourth-order valence-electron chi connectivity index (χ4n) is 4.21. The number of carbonyl (C=O) groups is 2. The van der Waals surface area contributed by atoms with Gasteiger partial charge >= 0.3 is 0 Å². The maximum atomic E-state index is 14.2. The van der Waals surface area contributed by atoms with Gasteiger partial charge in [-0.2, -0.15) is 0 Å². The average molecular weight is 639 g/mol. The number of halogens is 3. The minimum atomic E-state index is -3.92. The zero-order chi connectivity index (χ0) is 30.5. The minimum Gasteiger partial charge on any atom is -0.350 e.